The van der Waals surface area contributed by atoms with Crippen LogP contribution in [0.15, 0.2) is 30.3 Å². The fraction of sp³-hybridized carbons (Fsp3) is 0.625. The van der Waals surface area contributed by atoms with E-state index >= 15 is 0 Å². The normalized spacial score (nSPS) is 11.2. The second-order valence-corrected chi connectivity index (χ2v) is 8.80. The second-order valence-electron chi connectivity index (χ2n) is 7.51. The molecule has 26 heavy (non-hydrogen) atoms. The van der Waals surface area contributed by atoms with Crippen molar-refractivity contribution < 1.29 is 0 Å². The highest BCUT2D eigenvalue weighted by molar-refractivity contribution is 7.12. The summed E-state index contributed by atoms with van der Waals surface area (Å²) in [6.07, 6.45) is 18.1. The van der Waals surface area contributed by atoms with Crippen LogP contribution < -0.4 is 0 Å². The van der Waals surface area contributed by atoms with E-state index in [0.717, 1.165) is 0 Å². The van der Waals surface area contributed by atoms with Crippen LogP contribution in [0, 0.1) is 6.92 Å². The van der Waals surface area contributed by atoms with E-state index in [9.17, 15) is 0 Å². The summed E-state index contributed by atoms with van der Waals surface area (Å²) in [5, 5.41) is 1.19. The summed E-state index contributed by atoms with van der Waals surface area (Å²) in [5.41, 5.74) is 2.49. The van der Waals surface area contributed by atoms with Crippen LogP contribution in [0.1, 0.15) is 93.9 Å². The van der Waals surface area contributed by atoms with Gasteiger partial charge in [-0.05, 0) is 19.8 Å². The smallest absolute Gasteiger partial charge is 0.0904 e. The molecule has 0 radical (unpaired) electrons. The highest BCUT2D eigenvalue weighted by Crippen LogP contribution is 2.29. The van der Waals surface area contributed by atoms with E-state index in [-0.39, 0.29) is 0 Å². The van der Waals surface area contributed by atoms with E-state index in [1.807, 2.05) is 11.3 Å². The minimum atomic E-state index is 1.19. The van der Waals surface area contributed by atoms with Crippen molar-refractivity contribution in [1.82, 2.24) is 4.98 Å². The van der Waals surface area contributed by atoms with Gasteiger partial charge < -0.3 is 0 Å². The highest BCUT2D eigenvalue weighted by atomic mass is 32.1. The maximum absolute atomic E-state index is 4.77. The molecule has 0 aliphatic heterocycles. The zero-order chi connectivity index (χ0) is 18.5. The monoisotopic (exact) mass is 371 g/mol. The molecule has 0 saturated heterocycles. The van der Waals surface area contributed by atoms with Gasteiger partial charge in [0.05, 0.1) is 10.7 Å². The van der Waals surface area contributed by atoms with Crippen LogP contribution in [-0.4, -0.2) is 4.98 Å². The zero-order valence-electron chi connectivity index (χ0n) is 16.9. The SMILES string of the molecule is CCCCCCCCCCCCCCc1sc(C)nc1-c1ccccc1. The van der Waals surface area contributed by atoms with Crippen molar-refractivity contribution in [3.8, 4) is 11.3 Å². The average molecular weight is 372 g/mol. The number of aromatic nitrogens is 1. The van der Waals surface area contributed by atoms with Crippen molar-refractivity contribution >= 4 is 11.3 Å². The summed E-state index contributed by atoms with van der Waals surface area (Å²) in [5.74, 6) is 0. The Morgan fingerprint density at radius 3 is 1.85 bits per heavy atom. The molecule has 1 heterocycles. The third kappa shape index (κ3) is 8.03. The topological polar surface area (TPSA) is 12.9 Å². The largest absolute Gasteiger partial charge is 0.241 e. The van der Waals surface area contributed by atoms with Crippen LogP contribution in [0.2, 0.25) is 0 Å². The van der Waals surface area contributed by atoms with Crippen molar-refractivity contribution in [1.29, 1.82) is 0 Å². The zero-order valence-corrected chi connectivity index (χ0v) is 17.8. The number of hydrogen-bond donors (Lipinski definition) is 0. The average Bonchev–Trinajstić information content (AvgIpc) is 3.04. The first-order chi connectivity index (χ1) is 12.8. The third-order valence-electron chi connectivity index (χ3n) is 5.11. The van der Waals surface area contributed by atoms with Gasteiger partial charge in [0.25, 0.3) is 0 Å². The molecule has 0 spiro atoms. The molecule has 0 fully saturated rings. The maximum Gasteiger partial charge on any atom is 0.0904 e. The quantitative estimate of drug-likeness (QED) is 0.304. The Morgan fingerprint density at radius 2 is 1.27 bits per heavy atom. The van der Waals surface area contributed by atoms with Gasteiger partial charge >= 0.3 is 0 Å². The van der Waals surface area contributed by atoms with E-state index < -0.39 is 0 Å². The van der Waals surface area contributed by atoms with Crippen LogP contribution >= 0.6 is 11.3 Å². The van der Waals surface area contributed by atoms with Crippen molar-refractivity contribution in [2.45, 2.75) is 97.3 Å². The Hall–Kier alpha value is -1.15. The molecule has 0 aliphatic rings. The molecule has 0 saturated carbocycles. The van der Waals surface area contributed by atoms with Crippen molar-refractivity contribution in [2.75, 3.05) is 0 Å². The van der Waals surface area contributed by atoms with Gasteiger partial charge in [0.2, 0.25) is 0 Å². The molecule has 0 bridgehead atoms. The Bertz CT molecular complexity index is 588. The van der Waals surface area contributed by atoms with E-state index in [1.54, 1.807) is 0 Å². The fourth-order valence-electron chi connectivity index (χ4n) is 3.59. The van der Waals surface area contributed by atoms with Gasteiger partial charge in [-0.3, -0.25) is 0 Å². The van der Waals surface area contributed by atoms with E-state index in [4.69, 9.17) is 4.98 Å². The number of thiazole rings is 1. The van der Waals surface area contributed by atoms with Crippen molar-refractivity contribution in [3.63, 3.8) is 0 Å². The molecule has 1 aromatic carbocycles. The molecule has 1 aromatic heterocycles. The molecule has 144 valence electrons. The number of unbranched alkanes of at least 4 members (excludes halogenated alkanes) is 11. The lowest BCUT2D eigenvalue weighted by Crippen LogP contribution is -1.88. The summed E-state index contributed by atoms with van der Waals surface area (Å²) >= 11 is 1.88. The summed E-state index contributed by atoms with van der Waals surface area (Å²) in [7, 11) is 0. The first-order valence-corrected chi connectivity index (χ1v) is 11.6. The molecule has 2 aromatic rings. The Labute approximate surface area is 165 Å². The predicted molar refractivity (Wildman–Crippen MR) is 117 cm³/mol. The minimum absolute atomic E-state index is 1.19. The molecule has 0 N–H and O–H groups in total. The Morgan fingerprint density at radius 1 is 0.731 bits per heavy atom. The molecule has 0 amide bonds. The van der Waals surface area contributed by atoms with Gasteiger partial charge in [-0.15, -0.1) is 11.3 Å². The van der Waals surface area contributed by atoms with Gasteiger partial charge in [-0.25, -0.2) is 4.98 Å². The molecular weight excluding hydrogens is 334 g/mol. The summed E-state index contributed by atoms with van der Waals surface area (Å²) in [4.78, 5) is 6.25. The van der Waals surface area contributed by atoms with E-state index in [0.29, 0.717) is 0 Å². The molecule has 2 heteroatoms. The molecule has 2 rings (SSSR count). The third-order valence-corrected chi connectivity index (χ3v) is 6.14. The highest BCUT2D eigenvalue weighted by Gasteiger charge is 2.10. The van der Waals surface area contributed by atoms with Gasteiger partial charge in [-0.2, -0.15) is 0 Å². The number of nitrogens with zero attached hydrogens (tertiary/aromatic N) is 1. The standard InChI is InChI=1S/C24H37NS/c1-3-4-5-6-7-8-9-10-11-12-13-17-20-23-24(25-21(2)26-23)22-18-15-14-16-19-22/h14-16,18-19H,3-13,17,20H2,1-2H3. The lowest BCUT2D eigenvalue weighted by molar-refractivity contribution is 0.544. The van der Waals surface area contributed by atoms with Gasteiger partial charge in [-0.1, -0.05) is 108 Å². The lowest BCUT2D eigenvalue weighted by Gasteiger charge is -2.04. The molecule has 1 nitrogen and oxygen atoms in total. The summed E-state index contributed by atoms with van der Waals surface area (Å²) in [6, 6.07) is 10.7. The second kappa shape index (κ2) is 13.1. The Balaban J connectivity index is 1.55. The van der Waals surface area contributed by atoms with Crippen LogP contribution in [-0.2, 0) is 6.42 Å². The summed E-state index contributed by atoms with van der Waals surface area (Å²) in [6.45, 7) is 4.42. The predicted octanol–water partition coefficient (Wildman–Crippen LogP) is 8.36. The van der Waals surface area contributed by atoms with Gasteiger partial charge in [0, 0.05) is 10.4 Å². The number of hydrogen-bond acceptors (Lipinski definition) is 2. The van der Waals surface area contributed by atoms with E-state index in [1.165, 1.54) is 105 Å². The van der Waals surface area contributed by atoms with Crippen molar-refractivity contribution in [3.05, 3.63) is 40.2 Å². The molecular formula is C24H37NS. The van der Waals surface area contributed by atoms with Gasteiger partial charge in [0.15, 0.2) is 0 Å². The lowest BCUT2D eigenvalue weighted by atomic mass is 10.0. The first-order valence-electron chi connectivity index (χ1n) is 10.8. The first kappa shape index (κ1) is 21.2. The van der Waals surface area contributed by atoms with Crippen LogP contribution in [0.4, 0.5) is 0 Å². The Kier molecular flexibility index (Phi) is 10.6. The fourth-order valence-corrected chi connectivity index (χ4v) is 4.59. The summed E-state index contributed by atoms with van der Waals surface area (Å²) < 4.78 is 0. The molecule has 0 aliphatic carbocycles. The van der Waals surface area contributed by atoms with Crippen LogP contribution in [0.5, 0.6) is 0 Å². The minimum Gasteiger partial charge on any atom is -0.241 e. The number of benzene rings is 1. The van der Waals surface area contributed by atoms with Crippen LogP contribution in [0.3, 0.4) is 0 Å². The van der Waals surface area contributed by atoms with E-state index in [2.05, 4.69) is 44.2 Å². The number of rotatable bonds is 14. The maximum atomic E-state index is 4.77. The number of aryl methyl sites for hydroxylation is 2. The molecule has 0 atom stereocenters. The van der Waals surface area contributed by atoms with Crippen molar-refractivity contribution in [2.24, 2.45) is 0 Å². The molecule has 0 unspecified atom stereocenters. The van der Waals surface area contributed by atoms with Gasteiger partial charge in [0.1, 0.15) is 0 Å². The van der Waals surface area contributed by atoms with Crippen LogP contribution in [0.25, 0.3) is 11.3 Å².